The van der Waals surface area contributed by atoms with Gasteiger partial charge in [-0.15, -0.1) is 0 Å². The van der Waals surface area contributed by atoms with Gasteiger partial charge >= 0.3 is 5.97 Å². The fourth-order valence-corrected chi connectivity index (χ4v) is 14.8. The largest absolute Gasteiger partial charge is 0.493 e. The van der Waals surface area contributed by atoms with E-state index in [9.17, 15) is 63.9 Å². The number of carbonyl (C=O) groups is 6. The fraction of sp³-hybridized carbons (Fsp3) is 0.267. The van der Waals surface area contributed by atoms with E-state index in [4.69, 9.17) is 69.0 Å². The molecule has 0 bridgehead atoms. The van der Waals surface area contributed by atoms with Crippen molar-refractivity contribution in [1.82, 2.24) is 78.8 Å². The molecule has 7 aromatic carbocycles. The molecule has 5 N–H and O–H groups in total. The van der Waals surface area contributed by atoms with Crippen LogP contribution in [-0.4, -0.2) is 207 Å². The number of halogens is 11. The minimum atomic E-state index is -2.41. The van der Waals surface area contributed by atoms with Crippen LogP contribution in [0.5, 0.6) is 40.2 Å². The third-order valence-corrected chi connectivity index (χ3v) is 21.7. The number of methoxy groups -OCH3 is 3. The van der Waals surface area contributed by atoms with Crippen molar-refractivity contribution in [3.63, 3.8) is 0 Å². The summed E-state index contributed by atoms with van der Waals surface area (Å²) in [5.41, 5.74) is 7.55. The Balaban J connectivity index is 0.000000159. The van der Waals surface area contributed by atoms with Crippen molar-refractivity contribution in [2.75, 3.05) is 90.6 Å². The van der Waals surface area contributed by atoms with Crippen molar-refractivity contribution >= 4 is 138 Å². The number of aromatic nitrogens is 12. The predicted octanol–water partition coefficient (Wildman–Crippen LogP) is 14.0. The summed E-state index contributed by atoms with van der Waals surface area (Å²) in [6, 6.07) is 24.0. The van der Waals surface area contributed by atoms with Crippen LogP contribution in [-0.2, 0) is 34.0 Å². The number of primary amides is 1. The van der Waals surface area contributed by atoms with Crippen molar-refractivity contribution in [2.24, 2.45) is 5.73 Å². The Hall–Kier alpha value is -14.5. The zero-order valence-corrected chi connectivity index (χ0v) is 71.7. The summed E-state index contributed by atoms with van der Waals surface area (Å²) < 4.78 is 156. The van der Waals surface area contributed by atoms with Crippen molar-refractivity contribution < 1.29 is 97.0 Å². The molecule has 3 saturated heterocycles. The zero-order chi connectivity index (χ0) is 92.3. The van der Waals surface area contributed by atoms with E-state index in [0.717, 1.165) is 42.8 Å². The van der Waals surface area contributed by atoms with Gasteiger partial charge in [0.05, 0.1) is 125 Å². The van der Waals surface area contributed by atoms with Crippen LogP contribution in [0.4, 0.5) is 69.6 Å². The summed E-state index contributed by atoms with van der Waals surface area (Å²) in [5, 5.41) is 22.5. The highest BCUT2D eigenvalue weighted by molar-refractivity contribution is 6.31. The number of nitrogens with zero attached hydrogens (tertiary/aromatic N) is 16. The molecule has 3 atom stereocenters. The van der Waals surface area contributed by atoms with Gasteiger partial charge in [-0.25, -0.2) is 61.0 Å². The lowest BCUT2D eigenvalue weighted by Gasteiger charge is -2.33. The van der Waals surface area contributed by atoms with Crippen molar-refractivity contribution in [2.45, 2.75) is 76.5 Å². The molecule has 0 unspecified atom stereocenters. The highest BCUT2D eigenvalue weighted by atomic mass is 35.5. The van der Waals surface area contributed by atoms with Gasteiger partial charge in [0.25, 0.3) is 11.8 Å². The number of benzene rings is 7. The standard InChI is InChI=1S/C32H23ClF6N6O5.C28H29ClFN7O4.C26H25ClFN7O4/c1-48-21-9-20-17(31(41-14-40-20)43-19-6-2-5-18(33)24(19)34)8-22(21)49-16-4-3-7-44(12-16)23(46)13-45-11-15(10-42-45)32(47)50-30-28(38)26(36)25(35)27(37)29(30)39;1-35(2)28(39)17-12-33-37(13-17)15-25(38)36-9-5-6-18(14-36)41-24-10-19-22(11-23(24)40-3)31-16-32-27(19)34-21-8-4-7-20(29)26(21)30;1-38-21-9-20-17(26(31-14-30-20)33-19-6-2-5-18(27)24(19)28)8-22(21)39-16-4-3-7-34(12-16)23(36)13-35-11-15(10-32-35)25(29)37/h2,5-6,8-11,14,16H,3-4,7,12-13H2,1H3,(H,40,41,43);4,7-8,10-13,16,18H,5-6,9,14-15H2,1-3H3,(H,31,32,34);2,5-6,8-11,14,16H,3-4,7,12-13H2,1H3,(H2,29,37)(H,30,31,33)/t16-;18-;16-/m111/s1. The van der Waals surface area contributed by atoms with Gasteiger partial charge in [-0.3, -0.25) is 38.0 Å². The number of rotatable bonds is 25. The van der Waals surface area contributed by atoms with Crippen molar-refractivity contribution in [3.8, 4) is 40.2 Å². The van der Waals surface area contributed by atoms with E-state index in [-0.39, 0.29) is 99.6 Å². The first-order valence-electron chi connectivity index (χ1n) is 39.8. The maximum Gasteiger partial charge on any atom is 0.346 e. The van der Waals surface area contributed by atoms with E-state index in [2.05, 4.69) is 65.9 Å². The smallest absolute Gasteiger partial charge is 0.346 e. The molecule has 3 aliphatic heterocycles. The third-order valence-electron chi connectivity index (χ3n) is 20.8. The minimum absolute atomic E-state index is 0.00879. The average molecular weight is 1860 g/mol. The van der Waals surface area contributed by atoms with Gasteiger partial charge in [0.1, 0.15) is 74.4 Å². The number of hydrogen-bond acceptors (Lipinski definition) is 25. The SMILES string of the molecule is COc1cc2ncnc(Nc3cccc(Cl)c3F)c2cc1O[C@@H]1CCCN(C(=O)Cn2cc(C(=O)N(C)C)cn2)C1.COc1cc2ncnc(Nc3cccc(Cl)c3F)c2cc1O[C@@H]1CCCN(C(=O)Cn2cc(C(=O)Oc3c(F)c(F)c(F)c(F)c3F)cn2)C1.COc1cc2ncnc(Nc3cccc(Cl)c3F)c2cc1O[C@@H]1CCCN(C(=O)Cn2cc(C(N)=O)cn2)C1. The Morgan fingerprint density at radius 1 is 0.431 bits per heavy atom. The number of amides is 5. The second kappa shape index (κ2) is 40.7. The molecule has 0 aliphatic carbocycles. The molecule has 0 radical (unpaired) electrons. The van der Waals surface area contributed by atoms with Gasteiger partial charge in [0, 0.05) is 86.7 Å². The third kappa shape index (κ3) is 21.2. The summed E-state index contributed by atoms with van der Waals surface area (Å²) in [6.45, 7) is 2.04. The molecule has 16 rings (SSSR count). The lowest BCUT2D eigenvalue weighted by molar-refractivity contribution is -0.135. The first-order valence-corrected chi connectivity index (χ1v) is 40.9. The van der Waals surface area contributed by atoms with E-state index in [1.165, 1.54) is 102 Å². The highest BCUT2D eigenvalue weighted by Crippen LogP contribution is 2.42. The number of ether oxygens (including phenoxy) is 7. The van der Waals surface area contributed by atoms with Crippen molar-refractivity contribution in [1.29, 1.82) is 0 Å². The number of piperidine rings is 3. The zero-order valence-electron chi connectivity index (χ0n) is 69.4. The quantitative estimate of drug-likeness (QED) is 0.0136. The number of nitrogens with one attached hydrogen (secondary N) is 3. The number of esters is 1. The summed E-state index contributed by atoms with van der Waals surface area (Å²) in [6.07, 6.45) is 14.8. The number of anilines is 6. The normalized spacial score (nSPS) is 14.9. The van der Waals surface area contributed by atoms with E-state index < -0.39 is 81.7 Å². The molecule has 130 heavy (non-hydrogen) atoms. The molecule has 9 heterocycles. The molecule has 3 fully saturated rings. The fourth-order valence-electron chi connectivity index (χ4n) is 14.2. The molecule has 33 nitrogen and oxygen atoms in total. The van der Waals surface area contributed by atoms with Crippen LogP contribution in [0.1, 0.15) is 69.6 Å². The van der Waals surface area contributed by atoms with Gasteiger partial charge in [0.15, 0.2) is 51.9 Å². The Morgan fingerprint density at radius 2 is 0.754 bits per heavy atom. The van der Waals surface area contributed by atoms with Crippen LogP contribution in [0.15, 0.2) is 147 Å². The molecule has 0 saturated carbocycles. The van der Waals surface area contributed by atoms with Crippen LogP contribution in [0.3, 0.4) is 0 Å². The second-order valence-corrected chi connectivity index (χ2v) is 30.9. The van der Waals surface area contributed by atoms with E-state index in [1.54, 1.807) is 96.8 Å². The molecule has 44 heteroatoms. The number of fused-ring (bicyclic) bond motifs is 3. The molecular formula is C86H77Cl3F8N20O13. The van der Waals surface area contributed by atoms with Gasteiger partial charge < -0.3 is 74.4 Å². The van der Waals surface area contributed by atoms with E-state index >= 15 is 0 Å². The van der Waals surface area contributed by atoms with E-state index in [0.29, 0.717) is 130 Å². The Kier molecular flexibility index (Phi) is 28.7. The molecule has 3 aliphatic rings. The summed E-state index contributed by atoms with van der Waals surface area (Å²) in [5.74, 6) is -14.7. The lowest BCUT2D eigenvalue weighted by Crippen LogP contribution is -2.45. The molecule has 676 valence electrons. The molecule has 5 amide bonds. The number of hydrogen-bond donors (Lipinski definition) is 4. The first-order chi connectivity index (χ1) is 62.5. The van der Waals surface area contributed by atoms with E-state index in [1.807, 2.05) is 0 Å². The Bertz CT molecular complexity index is 6450. The first kappa shape index (κ1) is 91.7. The van der Waals surface area contributed by atoms with Crippen LogP contribution >= 0.6 is 34.8 Å². The second-order valence-electron chi connectivity index (χ2n) is 29.7. The average Bonchev–Trinajstić information content (AvgIpc) is 0.902. The maximum absolute atomic E-state index is 14.6. The number of carbonyl (C=O) groups excluding carboxylic acids is 6. The van der Waals surface area contributed by atoms with Gasteiger partial charge in [-0.05, 0) is 93.1 Å². The maximum atomic E-state index is 14.6. The minimum Gasteiger partial charge on any atom is -0.493 e. The van der Waals surface area contributed by atoms with Crippen LogP contribution in [0, 0.1) is 46.5 Å². The van der Waals surface area contributed by atoms with Gasteiger partial charge in [-0.1, -0.05) is 53.0 Å². The highest BCUT2D eigenvalue weighted by Gasteiger charge is 2.34. The molecule has 6 aromatic heterocycles. The monoisotopic (exact) mass is 1850 g/mol. The molecule has 13 aromatic rings. The van der Waals surface area contributed by atoms with Crippen LogP contribution in [0.2, 0.25) is 15.1 Å². The summed E-state index contributed by atoms with van der Waals surface area (Å²) >= 11 is 17.8. The predicted molar refractivity (Wildman–Crippen MR) is 457 cm³/mol. The molecular weight excluding hydrogens is 1780 g/mol. The van der Waals surface area contributed by atoms with Crippen molar-refractivity contribution in [3.05, 3.63) is 225 Å². The Morgan fingerprint density at radius 3 is 1.08 bits per heavy atom. The number of likely N-dealkylation sites (tertiary alicyclic amines) is 3. The van der Waals surface area contributed by atoms with Gasteiger partial charge in [-0.2, -0.15) is 24.1 Å². The topological polar surface area (TPSA) is 373 Å². The van der Waals surface area contributed by atoms with Crippen LogP contribution < -0.4 is 54.8 Å². The van der Waals surface area contributed by atoms with Gasteiger partial charge in [0.2, 0.25) is 52.6 Å². The summed E-state index contributed by atoms with van der Waals surface area (Å²) in [4.78, 5) is 107. The molecule has 0 spiro atoms. The lowest BCUT2D eigenvalue weighted by atomic mass is 10.1. The van der Waals surface area contributed by atoms with Crippen LogP contribution in [0.25, 0.3) is 32.7 Å². The Labute approximate surface area is 748 Å². The number of nitrogens with two attached hydrogens (primary N) is 1. The summed E-state index contributed by atoms with van der Waals surface area (Å²) in [7, 11) is 7.83.